The molecule has 2 aromatic rings. The number of H-pyrrole nitrogens is 1. The third kappa shape index (κ3) is 1.71. The van der Waals surface area contributed by atoms with E-state index in [0.717, 1.165) is 5.82 Å². The summed E-state index contributed by atoms with van der Waals surface area (Å²) in [5.74, 6) is 0.925. The van der Waals surface area contributed by atoms with Gasteiger partial charge in [-0.2, -0.15) is 0 Å². The highest BCUT2D eigenvalue weighted by Crippen LogP contribution is 1.90. The summed E-state index contributed by atoms with van der Waals surface area (Å²) in [4.78, 5) is 7.12. The van der Waals surface area contributed by atoms with E-state index in [1.54, 1.807) is 6.20 Å². The molecule has 0 radical (unpaired) electrons. The summed E-state index contributed by atoms with van der Waals surface area (Å²) in [6.45, 7) is 0. The predicted molar refractivity (Wildman–Crippen MR) is 40.1 cm³/mol. The Hall–Kier alpha value is -1.16. The van der Waals surface area contributed by atoms with E-state index >= 15 is 0 Å². The normalized spacial score (nSPS) is 9.00. The number of imidazole rings is 1. The van der Waals surface area contributed by atoms with Gasteiger partial charge < -0.3 is 17.0 Å². The molecule has 0 atom stereocenters. The van der Waals surface area contributed by atoms with Crippen LogP contribution in [0.3, 0.4) is 0 Å². The first kappa shape index (κ1) is 8.93. The molecule has 62 valence electrons. The van der Waals surface area contributed by atoms with Crippen LogP contribution < -0.4 is 21.5 Å². The summed E-state index contributed by atoms with van der Waals surface area (Å²) >= 11 is 0. The van der Waals surface area contributed by atoms with Gasteiger partial charge in [0.15, 0.2) is 6.33 Å². The molecule has 0 bridgehead atoms. The topological polar surface area (TPSA) is 32.6 Å². The average molecular weight is 226 g/mol. The van der Waals surface area contributed by atoms with E-state index in [2.05, 4.69) is 9.97 Å². The average Bonchev–Trinajstić information content (AvgIpc) is 2.58. The molecule has 2 heterocycles. The van der Waals surface area contributed by atoms with Gasteiger partial charge in [-0.25, -0.2) is 4.57 Å². The molecule has 0 aliphatic carbocycles. The molecule has 0 unspecified atom stereocenters. The lowest BCUT2D eigenvalue weighted by Crippen LogP contribution is -3.00. The Bertz CT molecular complexity index is 317. The second-order valence-electron chi connectivity index (χ2n) is 2.21. The highest BCUT2D eigenvalue weighted by Gasteiger charge is 2.00. The number of hydrogen-bond acceptors (Lipinski definition) is 1. The van der Waals surface area contributed by atoms with E-state index in [-0.39, 0.29) is 17.0 Å². The molecule has 2 rings (SSSR count). The largest absolute Gasteiger partial charge is 1.00 e. The van der Waals surface area contributed by atoms with E-state index < -0.39 is 0 Å². The van der Waals surface area contributed by atoms with Crippen molar-refractivity contribution in [1.82, 2.24) is 9.97 Å². The fourth-order valence-corrected chi connectivity index (χ4v) is 0.939. The molecule has 12 heavy (non-hydrogen) atoms. The molecule has 0 saturated carbocycles. The van der Waals surface area contributed by atoms with Crippen LogP contribution in [0.4, 0.5) is 0 Å². The van der Waals surface area contributed by atoms with Crippen molar-refractivity contribution < 1.29 is 21.5 Å². The van der Waals surface area contributed by atoms with E-state index in [4.69, 9.17) is 0 Å². The molecule has 0 saturated heterocycles. The maximum absolute atomic E-state index is 4.16. The maximum Gasteiger partial charge on any atom is 0.266 e. The molecule has 0 amide bonds. The van der Waals surface area contributed by atoms with Gasteiger partial charge in [0.2, 0.25) is 0 Å². The van der Waals surface area contributed by atoms with Crippen LogP contribution >= 0.6 is 0 Å². The Balaban J connectivity index is 0.000000720. The highest BCUT2D eigenvalue weighted by atomic mass is 79.9. The number of halogens is 1. The Morgan fingerprint density at radius 3 is 2.83 bits per heavy atom. The van der Waals surface area contributed by atoms with Crippen LogP contribution in [0.2, 0.25) is 0 Å². The lowest BCUT2D eigenvalue weighted by Gasteiger charge is -1.88. The lowest BCUT2D eigenvalue weighted by atomic mass is 10.5. The van der Waals surface area contributed by atoms with Crippen molar-refractivity contribution in [2.24, 2.45) is 0 Å². The molecular weight excluding hydrogens is 218 g/mol. The van der Waals surface area contributed by atoms with E-state index in [0.29, 0.717) is 0 Å². The van der Waals surface area contributed by atoms with E-state index in [9.17, 15) is 0 Å². The molecule has 3 nitrogen and oxygen atoms in total. The second kappa shape index (κ2) is 4.01. The van der Waals surface area contributed by atoms with Gasteiger partial charge in [0.1, 0.15) is 12.4 Å². The molecule has 0 fully saturated rings. The number of hydrogen-bond donors (Lipinski definition) is 1. The third-order valence-corrected chi connectivity index (χ3v) is 1.46. The van der Waals surface area contributed by atoms with Gasteiger partial charge in [-0.3, -0.25) is 4.98 Å². The Kier molecular flexibility index (Phi) is 2.99. The molecule has 0 aliphatic rings. The Morgan fingerprint density at radius 2 is 2.25 bits per heavy atom. The summed E-state index contributed by atoms with van der Waals surface area (Å²) in [5, 5.41) is 0. The Morgan fingerprint density at radius 1 is 1.33 bits per heavy atom. The quantitative estimate of drug-likeness (QED) is 0.544. The summed E-state index contributed by atoms with van der Waals surface area (Å²) in [6.07, 6.45) is 7.40. The van der Waals surface area contributed by atoms with Gasteiger partial charge in [0.25, 0.3) is 5.82 Å². The number of aromatic nitrogens is 3. The Labute approximate surface area is 80.9 Å². The molecular formula is C8H8BrN3. The van der Waals surface area contributed by atoms with Crippen molar-refractivity contribution in [3.05, 3.63) is 43.1 Å². The maximum atomic E-state index is 4.16. The van der Waals surface area contributed by atoms with Crippen LogP contribution in [0.1, 0.15) is 0 Å². The smallest absolute Gasteiger partial charge is 0.266 e. The molecule has 1 N–H and O–H groups in total. The molecule has 0 aromatic carbocycles. The minimum Gasteiger partial charge on any atom is -1.00 e. The van der Waals surface area contributed by atoms with Crippen LogP contribution in [-0.2, 0) is 0 Å². The molecule has 0 aliphatic heterocycles. The van der Waals surface area contributed by atoms with Gasteiger partial charge in [0.05, 0.1) is 6.20 Å². The highest BCUT2D eigenvalue weighted by molar-refractivity contribution is 5.08. The first-order valence-corrected chi connectivity index (χ1v) is 3.42. The van der Waals surface area contributed by atoms with Crippen molar-refractivity contribution in [1.29, 1.82) is 0 Å². The van der Waals surface area contributed by atoms with Crippen molar-refractivity contribution >= 4 is 0 Å². The van der Waals surface area contributed by atoms with Crippen LogP contribution in [0, 0.1) is 0 Å². The first-order valence-electron chi connectivity index (χ1n) is 3.42. The van der Waals surface area contributed by atoms with Crippen LogP contribution in [0.5, 0.6) is 0 Å². The van der Waals surface area contributed by atoms with Crippen LogP contribution in [0.25, 0.3) is 5.82 Å². The summed E-state index contributed by atoms with van der Waals surface area (Å²) < 4.78 is 1.92. The SMILES string of the molecule is [Br-].c1ccc(-[n+]2cc[nH]c2)nc1. The summed E-state index contributed by atoms with van der Waals surface area (Å²) in [6, 6.07) is 5.81. The minimum absolute atomic E-state index is 0. The molecule has 4 heteroatoms. The van der Waals surface area contributed by atoms with Gasteiger partial charge in [-0.1, -0.05) is 6.07 Å². The summed E-state index contributed by atoms with van der Waals surface area (Å²) in [7, 11) is 0. The number of nitrogens with zero attached hydrogens (tertiary/aromatic N) is 2. The van der Waals surface area contributed by atoms with Crippen molar-refractivity contribution in [2.75, 3.05) is 0 Å². The predicted octanol–water partition coefficient (Wildman–Crippen LogP) is -2.31. The zero-order valence-electron chi connectivity index (χ0n) is 6.31. The van der Waals surface area contributed by atoms with Crippen molar-refractivity contribution in [2.45, 2.75) is 0 Å². The molecule has 2 aromatic heterocycles. The second-order valence-corrected chi connectivity index (χ2v) is 2.21. The lowest BCUT2D eigenvalue weighted by molar-refractivity contribution is -0.598. The summed E-state index contributed by atoms with van der Waals surface area (Å²) in [5.41, 5.74) is 0. The standard InChI is InChI=1S/C8H7N3.BrH/c1-2-4-10-8(3-1)11-6-5-9-7-11;/h1-7H;1H. The van der Waals surface area contributed by atoms with Crippen molar-refractivity contribution in [3.8, 4) is 5.82 Å². The van der Waals surface area contributed by atoms with Gasteiger partial charge in [-0.15, -0.1) is 4.98 Å². The molecule has 0 spiro atoms. The van der Waals surface area contributed by atoms with E-state index in [1.165, 1.54) is 0 Å². The fraction of sp³-hybridized carbons (Fsp3) is 0. The van der Waals surface area contributed by atoms with Gasteiger partial charge >= 0.3 is 0 Å². The van der Waals surface area contributed by atoms with Gasteiger partial charge in [0, 0.05) is 6.07 Å². The minimum atomic E-state index is 0. The van der Waals surface area contributed by atoms with E-state index in [1.807, 2.05) is 41.5 Å². The van der Waals surface area contributed by atoms with Crippen LogP contribution in [0.15, 0.2) is 43.1 Å². The van der Waals surface area contributed by atoms with Crippen LogP contribution in [-0.4, -0.2) is 9.97 Å². The number of aromatic amines is 1. The first-order chi connectivity index (χ1) is 5.47. The van der Waals surface area contributed by atoms with Gasteiger partial charge in [-0.05, 0) is 6.07 Å². The number of rotatable bonds is 1. The monoisotopic (exact) mass is 225 g/mol. The van der Waals surface area contributed by atoms with Crippen molar-refractivity contribution in [3.63, 3.8) is 0 Å². The number of nitrogens with one attached hydrogen (secondary N) is 1. The zero-order chi connectivity index (χ0) is 7.52. The zero-order valence-corrected chi connectivity index (χ0v) is 7.90. The fourth-order valence-electron chi connectivity index (χ4n) is 0.939. The number of pyridine rings is 1. The third-order valence-electron chi connectivity index (χ3n) is 1.46.